The summed E-state index contributed by atoms with van der Waals surface area (Å²) in [5, 5.41) is 3.41. The van der Waals surface area contributed by atoms with Crippen molar-refractivity contribution >= 4 is 17.1 Å². The van der Waals surface area contributed by atoms with Crippen LogP contribution < -0.4 is 16.8 Å². The summed E-state index contributed by atoms with van der Waals surface area (Å²) in [6, 6.07) is 1.98. The summed E-state index contributed by atoms with van der Waals surface area (Å²) < 4.78 is 0. The molecule has 0 spiro atoms. The van der Waals surface area contributed by atoms with Gasteiger partial charge in [-0.3, -0.25) is 0 Å². The zero-order valence-corrected chi connectivity index (χ0v) is 9.43. The van der Waals surface area contributed by atoms with E-state index in [-0.39, 0.29) is 0 Å². The van der Waals surface area contributed by atoms with Crippen LogP contribution in [-0.2, 0) is 6.42 Å². The molecule has 0 saturated carbocycles. The Kier molecular flexibility index (Phi) is 2.47. The highest BCUT2D eigenvalue weighted by molar-refractivity contribution is 5.80. The summed E-state index contributed by atoms with van der Waals surface area (Å²) in [7, 11) is 0. The van der Waals surface area contributed by atoms with Gasteiger partial charge in [-0.25, -0.2) is 0 Å². The molecule has 1 unspecified atom stereocenters. The molecule has 0 amide bonds. The lowest BCUT2D eigenvalue weighted by Crippen LogP contribution is -2.24. The van der Waals surface area contributed by atoms with Crippen molar-refractivity contribution in [2.24, 2.45) is 5.92 Å². The van der Waals surface area contributed by atoms with E-state index < -0.39 is 0 Å². The molecule has 1 aromatic carbocycles. The Morgan fingerprint density at radius 2 is 2.20 bits per heavy atom. The van der Waals surface area contributed by atoms with E-state index in [1.54, 1.807) is 0 Å². The van der Waals surface area contributed by atoms with Crippen LogP contribution in [0.5, 0.6) is 0 Å². The minimum Gasteiger partial charge on any atom is -0.398 e. The predicted molar refractivity (Wildman–Crippen MR) is 66.0 cm³/mol. The van der Waals surface area contributed by atoms with Crippen molar-refractivity contribution in [2.75, 3.05) is 23.3 Å². The summed E-state index contributed by atoms with van der Waals surface area (Å²) in [4.78, 5) is 0. The number of nitrogen functional groups attached to an aromatic ring is 2. The highest BCUT2D eigenvalue weighted by Crippen LogP contribution is 2.37. The van der Waals surface area contributed by atoms with Gasteiger partial charge in [0.2, 0.25) is 0 Å². The first-order valence-electron chi connectivity index (χ1n) is 5.54. The molecule has 2 rings (SSSR count). The van der Waals surface area contributed by atoms with E-state index in [2.05, 4.69) is 12.2 Å². The van der Waals surface area contributed by atoms with Gasteiger partial charge >= 0.3 is 0 Å². The maximum atomic E-state index is 6.04. The lowest BCUT2D eigenvalue weighted by Gasteiger charge is -2.28. The van der Waals surface area contributed by atoms with E-state index in [4.69, 9.17) is 11.5 Å². The number of benzene rings is 1. The lowest BCUT2D eigenvalue weighted by atomic mass is 9.89. The molecule has 0 bridgehead atoms. The van der Waals surface area contributed by atoms with Crippen LogP contribution in [0.15, 0.2) is 6.07 Å². The minimum absolute atomic E-state index is 0.682. The molecule has 15 heavy (non-hydrogen) atoms. The van der Waals surface area contributed by atoms with E-state index in [1.807, 2.05) is 13.0 Å². The maximum absolute atomic E-state index is 6.04. The van der Waals surface area contributed by atoms with Crippen molar-refractivity contribution in [3.05, 3.63) is 17.2 Å². The monoisotopic (exact) mass is 205 g/mol. The van der Waals surface area contributed by atoms with Gasteiger partial charge in [-0.2, -0.15) is 0 Å². The van der Waals surface area contributed by atoms with Gasteiger partial charge in [-0.05, 0) is 30.9 Å². The minimum atomic E-state index is 0.682. The zero-order chi connectivity index (χ0) is 11.0. The second kappa shape index (κ2) is 3.65. The van der Waals surface area contributed by atoms with E-state index in [0.29, 0.717) is 5.92 Å². The molecule has 3 heteroatoms. The fraction of sp³-hybridized carbons (Fsp3) is 0.500. The number of hydrogen-bond donors (Lipinski definition) is 3. The smallest absolute Gasteiger partial charge is 0.0630 e. The van der Waals surface area contributed by atoms with Gasteiger partial charge in [-0.15, -0.1) is 0 Å². The Hall–Kier alpha value is -1.38. The first-order valence-corrected chi connectivity index (χ1v) is 5.54. The number of rotatable bonds is 1. The van der Waals surface area contributed by atoms with Crippen LogP contribution in [0.3, 0.4) is 0 Å². The Morgan fingerprint density at radius 3 is 2.87 bits per heavy atom. The summed E-state index contributed by atoms with van der Waals surface area (Å²) >= 11 is 0. The van der Waals surface area contributed by atoms with Crippen molar-refractivity contribution in [3.8, 4) is 0 Å². The Morgan fingerprint density at radius 1 is 1.47 bits per heavy atom. The molecule has 1 aliphatic heterocycles. The third kappa shape index (κ3) is 1.62. The van der Waals surface area contributed by atoms with Crippen LogP contribution in [0, 0.1) is 12.8 Å². The van der Waals surface area contributed by atoms with E-state index in [1.165, 1.54) is 12.0 Å². The molecule has 0 aromatic heterocycles. The Labute approximate surface area is 90.8 Å². The summed E-state index contributed by atoms with van der Waals surface area (Å²) in [5.74, 6) is 0.682. The van der Waals surface area contributed by atoms with Crippen molar-refractivity contribution in [3.63, 3.8) is 0 Å². The standard InChI is InChI=1S/C12H19N3/c1-3-8-5-9-10(13)4-7(2)11(14)12(9)15-6-8/h4,8,15H,3,5-6,13-14H2,1-2H3. The number of fused-ring (bicyclic) bond motifs is 1. The van der Waals surface area contributed by atoms with Crippen LogP contribution in [0.2, 0.25) is 0 Å². The van der Waals surface area contributed by atoms with Crippen molar-refractivity contribution in [2.45, 2.75) is 26.7 Å². The SMILES string of the molecule is CCC1CNc2c(N)c(C)cc(N)c2C1. The molecular formula is C12H19N3. The van der Waals surface area contributed by atoms with Gasteiger partial charge in [0.25, 0.3) is 0 Å². The summed E-state index contributed by atoms with van der Waals surface area (Å²) in [6.07, 6.45) is 2.23. The van der Waals surface area contributed by atoms with Crippen molar-refractivity contribution < 1.29 is 0 Å². The van der Waals surface area contributed by atoms with Gasteiger partial charge in [-0.1, -0.05) is 13.3 Å². The first-order chi connectivity index (χ1) is 7.13. The molecule has 3 nitrogen and oxygen atoms in total. The fourth-order valence-electron chi connectivity index (χ4n) is 2.22. The van der Waals surface area contributed by atoms with Crippen molar-refractivity contribution in [1.29, 1.82) is 0 Å². The lowest BCUT2D eigenvalue weighted by molar-refractivity contribution is 0.522. The fourth-order valence-corrected chi connectivity index (χ4v) is 2.22. The van der Waals surface area contributed by atoms with Gasteiger partial charge in [0.05, 0.1) is 11.4 Å². The zero-order valence-electron chi connectivity index (χ0n) is 9.43. The van der Waals surface area contributed by atoms with Crippen molar-refractivity contribution in [1.82, 2.24) is 0 Å². The van der Waals surface area contributed by atoms with Crippen LogP contribution in [0.25, 0.3) is 0 Å². The normalized spacial score (nSPS) is 19.5. The molecule has 0 aliphatic carbocycles. The second-order valence-electron chi connectivity index (χ2n) is 4.41. The molecule has 5 N–H and O–H groups in total. The van der Waals surface area contributed by atoms with E-state index in [0.717, 1.165) is 35.6 Å². The van der Waals surface area contributed by atoms with Gasteiger partial charge < -0.3 is 16.8 Å². The average molecular weight is 205 g/mol. The molecule has 1 aliphatic rings. The van der Waals surface area contributed by atoms with Crippen LogP contribution in [-0.4, -0.2) is 6.54 Å². The van der Waals surface area contributed by atoms with Crippen LogP contribution >= 0.6 is 0 Å². The third-order valence-corrected chi connectivity index (χ3v) is 3.35. The van der Waals surface area contributed by atoms with Gasteiger partial charge in [0.1, 0.15) is 0 Å². The molecule has 82 valence electrons. The number of nitrogens with two attached hydrogens (primary N) is 2. The highest BCUT2D eigenvalue weighted by atomic mass is 14.9. The molecule has 1 aromatic rings. The first kappa shape index (κ1) is 10.1. The number of aryl methyl sites for hydroxylation is 1. The Balaban J connectivity index is 2.47. The topological polar surface area (TPSA) is 64.1 Å². The largest absolute Gasteiger partial charge is 0.398 e. The highest BCUT2D eigenvalue weighted by Gasteiger charge is 2.21. The maximum Gasteiger partial charge on any atom is 0.0630 e. The molecule has 1 heterocycles. The molecule has 0 fully saturated rings. The Bertz CT molecular complexity index is 385. The number of nitrogens with one attached hydrogen (secondary N) is 1. The van der Waals surface area contributed by atoms with Gasteiger partial charge in [0.15, 0.2) is 0 Å². The second-order valence-corrected chi connectivity index (χ2v) is 4.41. The van der Waals surface area contributed by atoms with Crippen LogP contribution in [0.4, 0.5) is 17.1 Å². The molecular weight excluding hydrogens is 186 g/mol. The van der Waals surface area contributed by atoms with Crippen LogP contribution in [0.1, 0.15) is 24.5 Å². The third-order valence-electron chi connectivity index (χ3n) is 3.35. The van der Waals surface area contributed by atoms with E-state index in [9.17, 15) is 0 Å². The molecule has 0 radical (unpaired) electrons. The predicted octanol–water partition coefficient (Wildman–Crippen LogP) is 2.15. The number of hydrogen-bond acceptors (Lipinski definition) is 3. The number of anilines is 3. The quantitative estimate of drug-likeness (QED) is 0.615. The van der Waals surface area contributed by atoms with E-state index >= 15 is 0 Å². The van der Waals surface area contributed by atoms with Gasteiger partial charge in [0, 0.05) is 17.8 Å². The molecule has 0 saturated heterocycles. The average Bonchev–Trinajstić information content (AvgIpc) is 2.25. The molecule has 1 atom stereocenters. The summed E-state index contributed by atoms with van der Waals surface area (Å²) in [6.45, 7) is 5.22. The summed E-state index contributed by atoms with van der Waals surface area (Å²) in [5.41, 5.74) is 17.1.